The molecule has 0 fully saturated rings. The number of carbonyl (C=O) groups is 2. The molecule has 0 unspecified atom stereocenters. The SMILES string of the molecule is CCCCCCCCCC/C(C(=O)OCCC)=C(\CCCCC)C(=O)OCCC. The Hall–Kier alpha value is -1.32. The first kappa shape index (κ1) is 27.7. The van der Waals surface area contributed by atoms with E-state index in [4.69, 9.17) is 9.47 Å². The molecule has 0 aliphatic rings. The quantitative estimate of drug-likeness (QED) is 0.127. The minimum atomic E-state index is -0.328. The third-order valence-electron chi connectivity index (χ3n) is 5.04. The summed E-state index contributed by atoms with van der Waals surface area (Å²) in [6.07, 6.45) is 15.4. The average Bonchev–Trinajstić information content (AvgIpc) is 2.73. The molecule has 170 valence electrons. The van der Waals surface area contributed by atoms with Gasteiger partial charge in [-0.3, -0.25) is 0 Å². The van der Waals surface area contributed by atoms with Crippen molar-refractivity contribution in [2.45, 2.75) is 124 Å². The van der Waals surface area contributed by atoms with Crippen LogP contribution in [0.2, 0.25) is 0 Å². The lowest BCUT2D eigenvalue weighted by atomic mass is 9.96. The monoisotopic (exact) mass is 410 g/mol. The Morgan fingerprint density at radius 1 is 0.483 bits per heavy atom. The number of ether oxygens (including phenoxy) is 2. The summed E-state index contributed by atoms with van der Waals surface area (Å²) in [7, 11) is 0. The second-order valence-corrected chi connectivity index (χ2v) is 7.91. The maximum Gasteiger partial charge on any atom is 0.334 e. The van der Waals surface area contributed by atoms with E-state index >= 15 is 0 Å². The zero-order valence-corrected chi connectivity index (χ0v) is 19.7. The fourth-order valence-electron chi connectivity index (χ4n) is 3.30. The van der Waals surface area contributed by atoms with E-state index in [9.17, 15) is 9.59 Å². The highest BCUT2D eigenvalue weighted by atomic mass is 16.5. The zero-order chi connectivity index (χ0) is 21.7. The maximum atomic E-state index is 12.7. The van der Waals surface area contributed by atoms with Gasteiger partial charge < -0.3 is 9.47 Å². The van der Waals surface area contributed by atoms with Crippen LogP contribution in [0.25, 0.3) is 0 Å². The van der Waals surface area contributed by atoms with Crippen molar-refractivity contribution in [2.24, 2.45) is 0 Å². The third-order valence-corrected chi connectivity index (χ3v) is 5.04. The normalized spacial score (nSPS) is 11.9. The fourth-order valence-corrected chi connectivity index (χ4v) is 3.30. The van der Waals surface area contributed by atoms with Gasteiger partial charge in [0.15, 0.2) is 0 Å². The Kier molecular flexibility index (Phi) is 19.1. The lowest BCUT2D eigenvalue weighted by molar-refractivity contribution is -0.142. The van der Waals surface area contributed by atoms with Crippen molar-refractivity contribution in [3.8, 4) is 0 Å². The van der Waals surface area contributed by atoms with Gasteiger partial charge in [0.05, 0.1) is 13.2 Å². The summed E-state index contributed by atoms with van der Waals surface area (Å²) < 4.78 is 10.8. The second kappa shape index (κ2) is 20.0. The molecular formula is C25H46O4. The topological polar surface area (TPSA) is 52.6 Å². The molecule has 0 aromatic heterocycles. The summed E-state index contributed by atoms with van der Waals surface area (Å²) in [5, 5.41) is 0. The first-order chi connectivity index (χ1) is 14.1. The van der Waals surface area contributed by atoms with E-state index < -0.39 is 0 Å². The van der Waals surface area contributed by atoms with Crippen molar-refractivity contribution in [3.05, 3.63) is 11.1 Å². The van der Waals surface area contributed by atoms with Crippen molar-refractivity contribution in [3.63, 3.8) is 0 Å². The van der Waals surface area contributed by atoms with Crippen LogP contribution in [0.5, 0.6) is 0 Å². The van der Waals surface area contributed by atoms with Gasteiger partial charge in [0.1, 0.15) is 0 Å². The van der Waals surface area contributed by atoms with E-state index in [0.717, 1.165) is 44.9 Å². The number of carbonyl (C=O) groups excluding carboxylic acids is 2. The van der Waals surface area contributed by atoms with Gasteiger partial charge in [0.25, 0.3) is 0 Å². The molecule has 0 atom stereocenters. The van der Waals surface area contributed by atoms with Gasteiger partial charge in [0, 0.05) is 11.1 Å². The van der Waals surface area contributed by atoms with Crippen LogP contribution in [0.4, 0.5) is 0 Å². The van der Waals surface area contributed by atoms with E-state index in [1.54, 1.807) is 0 Å². The minimum absolute atomic E-state index is 0.324. The maximum absolute atomic E-state index is 12.7. The molecule has 0 radical (unpaired) electrons. The van der Waals surface area contributed by atoms with E-state index in [1.165, 1.54) is 38.5 Å². The standard InChI is InChI=1S/C25H46O4/c1-5-9-11-12-13-14-15-17-19-23(25(27)29-21-8-4)22(18-16-10-6-2)24(26)28-20-7-3/h5-21H2,1-4H3/b23-22-. The molecule has 0 N–H and O–H groups in total. The molecule has 0 heterocycles. The summed E-state index contributed by atoms with van der Waals surface area (Å²) in [6, 6.07) is 0. The number of rotatable bonds is 19. The first-order valence-electron chi connectivity index (χ1n) is 12.2. The van der Waals surface area contributed by atoms with E-state index in [-0.39, 0.29) is 11.9 Å². The van der Waals surface area contributed by atoms with Gasteiger partial charge in [-0.05, 0) is 38.5 Å². The van der Waals surface area contributed by atoms with Gasteiger partial charge >= 0.3 is 11.9 Å². The van der Waals surface area contributed by atoms with Gasteiger partial charge in [-0.25, -0.2) is 9.59 Å². The molecule has 0 aliphatic heterocycles. The van der Waals surface area contributed by atoms with Crippen LogP contribution in [0.15, 0.2) is 11.1 Å². The number of unbranched alkanes of at least 4 members (excludes halogenated alkanes) is 9. The molecule has 0 aliphatic carbocycles. The van der Waals surface area contributed by atoms with Crippen LogP contribution in [0.3, 0.4) is 0 Å². The summed E-state index contributed by atoms with van der Waals surface area (Å²) in [4.78, 5) is 25.4. The van der Waals surface area contributed by atoms with Crippen LogP contribution >= 0.6 is 0 Å². The smallest absolute Gasteiger partial charge is 0.334 e. The van der Waals surface area contributed by atoms with E-state index in [2.05, 4.69) is 13.8 Å². The van der Waals surface area contributed by atoms with Crippen molar-refractivity contribution < 1.29 is 19.1 Å². The van der Waals surface area contributed by atoms with E-state index in [0.29, 0.717) is 37.2 Å². The number of hydrogen-bond donors (Lipinski definition) is 0. The Morgan fingerprint density at radius 3 is 1.24 bits per heavy atom. The molecular weight excluding hydrogens is 364 g/mol. The molecule has 4 nitrogen and oxygen atoms in total. The Bertz CT molecular complexity index is 454. The van der Waals surface area contributed by atoms with Gasteiger partial charge in [0.2, 0.25) is 0 Å². The van der Waals surface area contributed by atoms with Gasteiger partial charge in [-0.2, -0.15) is 0 Å². The molecule has 0 aromatic rings. The van der Waals surface area contributed by atoms with Gasteiger partial charge in [-0.15, -0.1) is 0 Å². The van der Waals surface area contributed by atoms with Crippen molar-refractivity contribution in [1.82, 2.24) is 0 Å². The molecule has 0 saturated carbocycles. The van der Waals surface area contributed by atoms with Gasteiger partial charge in [-0.1, -0.05) is 85.5 Å². The summed E-state index contributed by atoms with van der Waals surface area (Å²) in [5.41, 5.74) is 1.11. The third kappa shape index (κ3) is 14.3. The Labute approximate surface area is 179 Å². The van der Waals surface area contributed by atoms with Crippen molar-refractivity contribution >= 4 is 11.9 Å². The Balaban J connectivity index is 5.03. The van der Waals surface area contributed by atoms with Crippen LogP contribution in [-0.2, 0) is 19.1 Å². The zero-order valence-electron chi connectivity index (χ0n) is 19.7. The van der Waals surface area contributed by atoms with Crippen molar-refractivity contribution in [2.75, 3.05) is 13.2 Å². The summed E-state index contributed by atoms with van der Waals surface area (Å²) in [6.45, 7) is 9.11. The van der Waals surface area contributed by atoms with Crippen molar-refractivity contribution in [1.29, 1.82) is 0 Å². The first-order valence-corrected chi connectivity index (χ1v) is 12.2. The number of esters is 2. The highest BCUT2D eigenvalue weighted by Gasteiger charge is 2.22. The molecule has 0 aromatic carbocycles. The molecule has 0 amide bonds. The highest BCUT2D eigenvalue weighted by Crippen LogP contribution is 2.23. The Morgan fingerprint density at radius 2 is 0.828 bits per heavy atom. The predicted molar refractivity (Wildman–Crippen MR) is 121 cm³/mol. The summed E-state index contributed by atoms with van der Waals surface area (Å²) >= 11 is 0. The van der Waals surface area contributed by atoms with Crippen LogP contribution in [0, 0.1) is 0 Å². The second-order valence-electron chi connectivity index (χ2n) is 7.91. The molecule has 0 saturated heterocycles. The van der Waals surface area contributed by atoms with Crippen LogP contribution in [-0.4, -0.2) is 25.2 Å². The van der Waals surface area contributed by atoms with Crippen LogP contribution in [0.1, 0.15) is 124 Å². The lowest BCUT2D eigenvalue weighted by Gasteiger charge is -2.15. The molecule has 0 rings (SSSR count). The molecule has 4 heteroatoms. The minimum Gasteiger partial charge on any atom is -0.462 e. The largest absolute Gasteiger partial charge is 0.462 e. The predicted octanol–water partition coefficient (Wildman–Crippen LogP) is 7.30. The highest BCUT2D eigenvalue weighted by molar-refractivity contribution is 6.00. The number of hydrogen-bond acceptors (Lipinski definition) is 4. The lowest BCUT2D eigenvalue weighted by Crippen LogP contribution is -2.18. The van der Waals surface area contributed by atoms with Crippen LogP contribution < -0.4 is 0 Å². The summed E-state index contributed by atoms with van der Waals surface area (Å²) in [5.74, 6) is -0.652. The molecule has 29 heavy (non-hydrogen) atoms. The van der Waals surface area contributed by atoms with E-state index in [1.807, 2.05) is 13.8 Å². The average molecular weight is 411 g/mol. The molecule has 0 spiro atoms. The fraction of sp³-hybridized carbons (Fsp3) is 0.840. The molecule has 0 bridgehead atoms.